The lowest BCUT2D eigenvalue weighted by Gasteiger charge is -2.15. The van der Waals surface area contributed by atoms with Crippen molar-refractivity contribution in [3.8, 4) is 5.75 Å². The second-order valence-electron chi connectivity index (χ2n) is 7.08. The van der Waals surface area contributed by atoms with Gasteiger partial charge >= 0.3 is 0 Å². The number of hydrogen-bond acceptors (Lipinski definition) is 3. The van der Waals surface area contributed by atoms with Gasteiger partial charge in [-0.25, -0.2) is 22.3 Å². The number of ether oxygens (including phenoxy) is 1. The van der Waals surface area contributed by atoms with E-state index in [1.807, 2.05) is 0 Å². The summed E-state index contributed by atoms with van der Waals surface area (Å²) in [5, 5.41) is 5.08. The maximum atomic E-state index is 14.7. The van der Waals surface area contributed by atoms with Crippen LogP contribution in [0.2, 0.25) is 0 Å². The predicted molar refractivity (Wildman–Crippen MR) is 98.3 cm³/mol. The molecule has 0 aromatic heterocycles. The summed E-state index contributed by atoms with van der Waals surface area (Å²) in [6.07, 6.45) is 4.80. The van der Waals surface area contributed by atoms with Crippen LogP contribution in [0.5, 0.6) is 5.75 Å². The number of methoxy groups -OCH3 is 1. The number of nitrogens with two attached hydrogens (primary N) is 1. The minimum absolute atomic E-state index is 0.00121. The fourth-order valence-electron chi connectivity index (χ4n) is 3.50. The second kappa shape index (κ2) is 6.43. The predicted octanol–water partition coefficient (Wildman–Crippen LogP) is 4.16. The first-order chi connectivity index (χ1) is 13.6. The minimum Gasteiger partial charge on any atom is -0.491 e. The van der Waals surface area contributed by atoms with E-state index >= 15 is 0 Å². The average molecular weight is 425 g/mol. The standard InChI is InChI=1S/C20H15F4NO3S/c1-28-19-17(23)15(21)14(16(22)18(19)24)13-9-20(6-7-20)8-12(13)10-2-4-11(5-3-10)29(25,26)27/h2-5,8-9H,6-7H2,1H3,(H2,25,26,27). The van der Waals surface area contributed by atoms with E-state index in [1.54, 1.807) is 12.2 Å². The molecule has 152 valence electrons. The fourth-order valence-corrected chi connectivity index (χ4v) is 4.02. The van der Waals surface area contributed by atoms with Gasteiger partial charge in [-0.3, -0.25) is 0 Å². The van der Waals surface area contributed by atoms with Gasteiger partial charge < -0.3 is 4.74 Å². The molecule has 0 heterocycles. The highest BCUT2D eigenvalue weighted by molar-refractivity contribution is 7.89. The first kappa shape index (κ1) is 19.7. The minimum atomic E-state index is -3.92. The number of sulfonamides is 1. The van der Waals surface area contributed by atoms with Crippen LogP contribution in [0.4, 0.5) is 17.6 Å². The van der Waals surface area contributed by atoms with Gasteiger partial charge in [0.05, 0.1) is 17.6 Å². The fraction of sp³-hybridized carbons (Fsp3) is 0.200. The van der Waals surface area contributed by atoms with Gasteiger partial charge in [-0.2, -0.15) is 8.78 Å². The molecule has 0 unspecified atom stereocenters. The third-order valence-electron chi connectivity index (χ3n) is 5.17. The lowest BCUT2D eigenvalue weighted by Crippen LogP contribution is -2.11. The number of benzene rings is 2. The third-order valence-corrected chi connectivity index (χ3v) is 6.10. The van der Waals surface area contributed by atoms with Gasteiger partial charge in [-0.05, 0) is 41.7 Å². The molecule has 1 spiro atoms. The maximum absolute atomic E-state index is 14.7. The van der Waals surface area contributed by atoms with Gasteiger partial charge in [-0.1, -0.05) is 24.3 Å². The Morgan fingerprint density at radius 3 is 1.86 bits per heavy atom. The summed E-state index contributed by atoms with van der Waals surface area (Å²) in [5.41, 5.74) is -0.476. The molecule has 4 rings (SSSR count). The Morgan fingerprint density at radius 1 is 0.897 bits per heavy atom. The number of halogens is 4. The highest BCUT2D eigenvalue weighted by Gasteiger charge is 2.44. The molecule has 1 saturated carbocycles. The van der Waals surface area contributed by atoms with Crippen molar-refractivity contribution in [2.24, 2.45) is 10.6 Å². The molecule has 4 nitrogen and oxygen atoms in total. The molecular weight excluding hydrogens is 410 g/mol. The summed E-state index contributed by atoms with van der Waals surface area (Å²) in [4.78, 5) is -0.134. The van der Waals surface area contributed by atoms with Crippen molar-refractivity contribution < 1.29 is 30.7 Å². The van der Waals surface area contributed by atoms with Gasteiger partial charge in [0.15, 0.2) is 17.4 Å². The van der Waals surface area contributed by atoms with Crippen LogP contribution in [-0.4, -0.2) is 15.5 Å². The molecule has 2 N–H and O–H groups in total. The average Bonchev–Trinajstić information content (AvgIpc) is 3.32. The van der Waals surface area contributed by atoms with Crippen LogP contribution in [-0.2, 0) is 10.0 Å². The molecule has 0 atom stereocenters. The van der Waals surface area contributed by atoms with Crippen LogP contribution in [0.25, 0.3) is 11.1 Å². The highest BCUT2D eigenvalue weighted by atomic mass is 32.2. The Morgan fingerprint density at radius 2 is 1.41 bits per heavy atom. The zero-order valence-corrected chi connectivity index (χ0v) is 15.9. The van der Waals surface area contributed by atoms with Gasteiger partial charge in [0.25, 0.3) is 0 Å². The van der Waals surface area contributed by atoms with Gasteiger partial charge in [0.1, 0.15) is 0 Å². The summed E-state index contributed by atoms with van der Waals surface area (Å²) >= 11 is 0. The number of primary sulfonamides is 1. The van der Waals surface area contributed by atoms with E-state index in [2.05, 4.69) is 4.74 Å². The van der Waals surface area contributed by atoms with Crippen molar-refractivity contribution in [1.29, 1.82) is 0 Å². The lowest BCUT2D eigenvalue weighted by atomic mass is 9.94. The molecule has 0 bridgehead atoms. The number of hydrogen-bond donors (Lipinski definition) is 1. The van der Waals surface area contributed by atoms with Crippen molar-refractivity contribution in [1.82, 2.24) is 0 Å². The van der Waals surface area contributed by atoms with Crippen LogP contribution in [0.1, 0.15) is 24.0 Å². The molecule has 2 aromatic carbocycles. The van der Waals surface area contributed by atoms with Crippen molar-refractivity contribution in [3.05, 3.63) is 70.8 Å². The van der Waals surface area contributed by atoms with E-state index in [0.717, 1.165) is 20.0 Å². The maximum Gasteiger partial charge on any atom is 0.238 e. The normalized spacial score (nSPS) is 17.3. The summed E-state index contributed by atoms with van der Waals surface area (Å²) in [6.45, 7) is 0. The first-order valence-electron chi connectivity index (χ1n) is 8.57. The van der Waals surface area contributed by atoms with Crippen LogP contribution in [0, 0.1) is 28.7 Å². The zero-order valence-electron chi connectivity index (χ0n) is 15.1. The van der Waals surface area contributed by atoms with E-state index in [4.69, 9.17) is 5.14 Å². The molecular formula is C20H15F4NO3S. The van der Waals surface area contributed by atoms with E-state index in [9.17, 15) is 26.0 Å². The molecule has 29 heavy (non-hydrogen) atoms. The first-order valence-corrected chi connectivity index (χ1v) is 10.1. The molecule has 0 saturated heterocycles. The second-order valence-corrected chi connectivity index (χ2v) is 8.64. The molecule has 2 aromatic rings. The molecule has 0 amide bonds. The van der Waals surface area contributed by atoms with Crippen LogP contribution >= 0.6 is 0 Å². The smallest absolute Gasteiger partial charge is 0.238 e. The highest BCUT2D eigenvalue weighted by Crippen LogP contribution is 2.58. The van der Waals surface area contributed by atoms with E-state index in [0.29, 0.717) is 11.1 Å². The van der Waals surface area contributed by atoms with Gasteiger partial charge in [0, 0.05) is 5.41 Å². The number of allylic oxidation sites excluding steroid dienone is 4. The largest absolute Gasteiger partial charge is 0.491 e. The van der Waals surface area contributed by atoms with Crippen LogP contribution in [0.15, 0.2) is 41.3 Å². The van der Waals surface area contributed by atoms with Crippen molar-refractivity contribution >= 4 is 21.2 Å². The Balaban J connectivity index is 1.88. The quantitative estimate of drug-likeness (QED) is 0.591. The summed E-state index contributed by atoms with van der Waals surface area (Å²) in [7, 11) is -3.01. The molecule has 0 aliphatic heterocycles. The molecule has 2 aliphatic carbocycles. The summed E-state index contributed by atoms with van der Waals surface area (Å²) in [5.74, 6) is -7.49. The molecule has 2 aliphatic rings. The zero-order chi connectivity index (χ0) is 21.1. The summed E-state index contributed by atoms with van der Waals surface area (Å²) < 4.78 is 85.2. The Kier molecular flexibility index (Phi) is 4.36. The Hall–Kier alpha value is -2.65. The van der Waals surface area contributed by atoms with Crippen molar-refractivity contribution in [2.75, 3.05) is 7.11 Å². The van der Waals surface area contributed by atoms with E-state index in [1.165, 1.54) is 24.3 Å². The van der Waals surface area contributed by atoms with Crippen molar-refractivity contribution in [2.45, 2.75) is 17.7 Å². The monoisotopic (exact) mass is 425 g/mol. The Labute approximate surface area is 164 Å². The molecule has 0 radical (unpaired) electrons. The van der Waals surface area contributed by atoms with Crippen molar-refractivity contribution in [3.63, 3.8) is 0 Å². The Bertz CT molecular complexity index is 1170. The molecule has 9 heteroatoms. The lowest BCUT2D eigenvalue weighted by molar-refractivity contribution is 0.331. The van der Waals surface area contributed by atoms with Gasteiger partial charge in [0.2, 0.25) is 21.7 Å². The van der Waals surface area contributed by atoms with Crippen LogP contribution in [0.3, 0.4) is 0 Å². The van der Waals surface area contributed by atoms with Crippen LogP contribution < -0.4 is 9.88 Å². The van der Waals surface area contributed by atoms with E-state index < -0.39 is 50.0 Å². The van der Waals surface area contributed by atoms with Gasteiger partial charge in [-0.15, -0.1) is 0 Å². The third kappa shape index (κ3) is 3.14. The number of rotatable bonds is 4. The topological polar surface area (TPSA) is 69.4 Å². The van der Waals surface area contributed by atoms with E-state index in [-0.39, 0.29) is 10.5 Å². The SMILES string of the molecule is COc1c(F)c(F)c(C2=CC3(C=C2c2ccc(S(N)(=O)=O)cc2)CC3)c(F)c1F. The molecule has 1 fully saturated rings. The summed E-state index contributed by atoms with van der Waals surface area (Å²) in [6, 6.07) is 5.35.